The van der Waals surface area contributed by atoms with Crippen LogP contribution in [0.25, 0.3) is 0 Å². The van der Waals surface area contributed by atoms with E-state index in [4.69, 9.17) is 5.73 Å². The smallest absolute Gasteiger partial charge is 0.327 e. The molecule has 2 aromatic rings. The molecule has 12 nitrogen and oxygen atoms in total. The number of hydrogen-bond donors (Lipinski definition) is 7. The molecule has 5 atom stereocenters. The van der Waals surface area contributed by atoms with Crippen molar-refractivity contribution in [3.63, 3.8) is 0 Å². The number of benzene rings is 2. The largest absolute Gasteiger partial charge is 0.508 e. The maximum atomic E-state index is 13.1. The van der Waals surface area contributed by atoms with E-state index in [1.165, 1.54) is 19.1 Å². The first-order valence-electron chi connectivity index (χ1n) is 12.8. The number of nitrogens with one attached hydrogen (secondary N) is 4. The van der Waals surface area contributed by atoms with Crippen LogP contribution >= 0.6 is 21.6 Å². The van der Waals surface area contributed by atoms with Crippen molar-refractivity contribution in [1.29, 1.82) is 0 Å². The van der Waals surface area contributed by atoms with Gasteiger partial charge in [-0.25, -0.2) is 4.79 Å². The minimum atomic E-state index is -1.25. The fraction of sp³-hybridized carbons (Fsp3) is 0.370. The lowest BCUT2D eigenvalue weighted by Gasteiger charge is -2.26. The van der Waals surface area contributed by atoms with Crippen LogP contribution < -0.4 is 27.0 Å². The highest BCUT2D eigenvalue weighted by molar-refractivity contribution is 8.76. The molecule has 8 N–H and O–H groups in total. The Bertz CT molecular complexity index is 1230. The van der Waals surface area contributed by atoms with Gasteiger partial charge >= 0.3 is 5.97 Å². The van der Waals surface area contributed by atoms with Crippen LogP contribution in [0.3, 0.4) is 0 Å². The van der Waals surface area contributed by atoms with Gasteiger partial charge in [-0.15, -0.1) is 0 Å². The summed E-state index contributed by atoms with van der Waals surface area (Å²) in [5.41, 5.74) is 7.52. The fourth-order valence-corrected chi connectivity index (χ4v) is 6.17. The topological polar surface area (TPSA) is 200 Å². The van der Waals surface area contributed by atoms with E-state index in [0.29, 0.717) is 5.56 Å². The van der Waals surface area contributed by atoms with Crippen molar-refractivity contribution >= 4 is 51.2 Å². The zero-order valence-electron chi connectivity index (χ0n) is 22.2. The van der Waals surface area contributed by atoms with Crippen LogP contribution in [-0.4, -0.2) is 81.5 Å². The average Bonchev–Trinajstić information content (AvgIpc) is 2.94. The number of carboxylic acids is 1. The lowest BCUT2D eigenvalue weighted by molar-refractivity contribution is -0.141. The number of carboxylic acid groups (broad SMARTS) is 1. The Morgan fingerprint density at radius 1 is 0.927 bits per heavy atom. The minimum Gasteiger partial charge on any atom is -0.508 e. The van der Waals surface area contributed by atoms with Crippen LogP contribution in [0.5, 0.6) is 5.75 Å². The molecule has 1 aliphatic heterocycles. The fourth-order valence-electron chi connectivity index (χ4n) is 3.85. The van der Waals surface area contributed by atoms with Gasteiger partial charge in [-0.2, -0.15) is 0 Å². The van der Waals surface area contributed by atoms with Crippen LogP contribution in [-0.2, 0) is 36.8 Å². The van der Waals surface area contributed by atoms with E-state index < -0.39 is 59.8 Å². The van der Waals surface area contributed by atoms with E-state index in [2.05, 4.69) is 21.3 Å². The van der Waals surface area contributed by atoms with Crippen molar-refractivity contribution in [3.05, 3.63) is 65.7 Å². The molecular formula is C27H33N5O7S2. The van der Waals surface area contributed by atoms with E-state index >= 15 is 0 Å². The molecular weight excluding hydrogens is 570 g/mol. The average molecular weight is 604 g/mol. The molecule has 0 aromatic heterocycles. The second-order valence-electron chi connectivity index (χ2n) is 9.49. The standard InChI is InChI=1S/C27H33N5O7S2/c1-15-23(34)30-20(12-16-5-3-2-4-6-16)25(36)32-22(27(38)39)14-41-40-13-21(26(37)29-15)31-24(35)19(28)11-17-7-9-18(33)10-8-17/h2-10,15,19-22,33H,11-14,28H2,1H3,(H,29,37)(H,30,34)(H,31,35)(H,32,36)(H,38,39)/t15-,19-,20-,21-,22-/m0/s1. The van der Waals surface area contributed by atoms with Crippen molar-refractivity contribution in [2.24, 2.45) is 5.73 Å². The minimum absolute atomic E-state index is 0.0310. The molecule has 1 fully saturated rings. The molecule has 2 aromatic carbocycles. The molecule has 0 aliphatic carbocycles. The lowest BCUT2D eigenvalue weighted by Crippen LogP contribution is -2.59. The number of nitrogens with two attached hydrogens (primary N) is 1. The number of carbonyl (C=O) groups excluding carboxylic acids is 4. The molecule has 1 aliphatic rings. The summed E-state index contributed by atoms with van der Waals surface area (Å²) in [4.78, 5) is 63.9. The Labute approximate surface area is 245 Å². The number of phenolic OH excluding ortho intramolecular Hbond substituents is 1. The Hall–Kier alpha value is -3.75. The van der Waals surface area contributed by atoms with Crippen molar-refractivity contribution in [3.8, 4) is 5.75 Å². The summed E-state index contributed by atoms with van der Waals surface area (Å²) < 4.78 is 0. The number of aromatic hydroxyl groups is 1. The Morgan fingerprint density at radius 3 is 2.24 bits per heavy atom. The molecule has 0 saturated carbocycles. The predicted octanol–water partition coefficient (Wildman–Crippen LogP) is -0.0566. The summed E-state index contributed by atoms with van der Waals surface area (Å²) in [6.45, 7) is 1.44. The zero-order chi connectivity index (χ0) is 29.9. The van der Waals surface area contributed by atoms with Crippen LogP contribution in [0.15, 0.2) is 54.6 Å². The molecule has 220 valence electrons. The van der Waals surface area contributed by atoms with Crippen LogP contribution in [0.1, 0.15) is 18.1 Å². The highest BCUT2D eigenvalue weighted by Gasteiger charge is 2.31. The highest BCUT2D eigenvalue weighted by Crippen LogP contribution is 2.23. The van der Waals surface area contributed by atoms with Gasteiger partial charge in [0.2, 0.25) is 23.6 Å². The van der Waals surface area contributed by atoms with Gasteiger partial charge in [0, 0.05) is 17.9 Å². The molecule has 14 heteroatoms. The van der Waals surface area contributed by atoms with Crippen molar-refractivity contribution in [1.82, 2.24) is 21.3 Å². The van der Waals surface area contributed by atoms with E-state index in [0.717, 1.165) is 27.2 Å². The van der Waals surface area contributed by atoms with E-state index in [1.54, 1.807) is 42.5 Å². The van der Waals surface area contributed by atoms with Crippen molar-refractivity contribution in [2.75, 3.05) is 11.5 Å². The number of carbonyl (C=O) groups is 5. The van der Waals surface area contributed by atoms with Gasteiger partial charge in [-0.3, -0.25) is 19.2 Å². The highest BCUT2D eigenvalue weighted by atomic mass is 33.1. The van der Waals surface area contributed by atoms with Gasteiger partial charge < -0.3 is 37.2 Å². The normalized spacial score (nSPS) is 23.2. The van der Waals surface area contributed by atoms with Gasteiger partial charge in [0.25, 0.3) is 0 Å². The first-order valence-corrected chi connectivity index (χ1v) is 15.3. The molecule has 0 unspecified atom stereocenters. The van der Waals surface area contributed by atoms with Crippen LogP contribution in [0.4, 0.5) is 0 Å². The molecule has 1 saturated heterocycles. The third kappa shape index (κ3) is 9.99. The molecule has 0 spiro atoms. The van der Waals surface area contributed by atoms with Crippen LogP contribution in [0.2, 0.25) is 0 Å². The zero-order valence-corrected chi connectivity index (χ0v) is 23.9. The maximum absolute atomic E-state index is 13.1. The van der Waals surface area contributed by atoms with Gasteiger partial charge in [0.1, 0.15) is 29.9 Å². The van der Waals surface area contributed by atoms with E-state index in [1.807, 2.05) is 0 Å². The van der Waals surface area contributed by atoms with Crippen molar-refractivity contribution < 1.29 is 34.2 Å². The number of amides is 4. The third-order valence-corrected chi connectivity index (χ3v) is 8.62. The Balaban J connectivity index is 1.75. The van der Waals surface area contributed by atoms with Gasteiger partial charge in [-0.1, -0.05) is 64.1 Å². The second-order valence-corrected chi connectivity index (χ2v) is 12.0. The summed E-state index contributed by atoms with van der Waals surface area (Å²) in [6.07, 6.45) is 0.259. The maximum Gasteiger partial charge on any atom is 0.327 e. The molecule has 3 rings (SSSR count). The van der Waals surface area contributed by atoms with Gasteiger partial charge in [-0.05, 0) is 36.6 Å². The first kappa shape index (κ1) is 31.8. The summed E-state index contributed by atoms with van der Waals surface area (Å²) in [5, 5.41) is 29.4. The summed E-state index contributed by atoms with van der Waals surface area (Å²) >= 11 is 0. The van der Waals surface area contributed by atoms with E-state index in [9.17, 15) is 34.2 Å². The molecule has 41 heavy (non-hydrogen) atoms. The summed E-state index contributed by atoms with van der Waals surface area (Å²) in [5.74, 6) is -3.72. The van der Waals surface area contributed by atoms with Crippen molar-refractivity contribution in [2.45, 2.75) is 50.0 Å². The predicted molar refractivity (Wildman–Crippen MR) is 156 cm³/mol. The molecule has 0 bridgehead atoms. The lowest BCUT2D eigenvalue weighted by atomic mass is 10.0. The van der Waals surface area contributed by atoms with Crippen LogP contribution in [0, 0.1) is 0 Å². The summed E-state index contributed by atoms with van der Waals surface area (Å²) in [7, 11) is 2.25. The Kier molecular flexibility index (Phi) is 11.9. The number of aliphatic carboxylic acids is 1. The van der Waals surface area contributed by atoms with Gasteiger partial charge in [0.15, 0.2) is 0 Å². The SMILES string of the molecule is C[C@@H]1NC(=O)[C@@H](NC(=O)[C@@H](N)Cc2ccc(O)cc2)CSSC[C@@H](C(=O)O)NC(=O)[C@H](Cc2ccccc2)NC1=O. The quantitative estimate of drug-likeness (QED) is 0.210. The third-order valence-electron chi connectivity index (χ3n) is 6.20. The number of hydrogen-bond acceptors (Lipinski definition) is 9. The monoisotopic (exact) mass is 603 g/mol. The number of rotatable bonds is 7. The molecule has 4 amide bonds. The summed E-state index contributed by atoms with van der Waals surface area (Å²) in [6, 6.07) is 9.62. The molecule has 1 heterocycles. The van der Waals surface area contributed by atoms with Gasteiger partial charge in [0.05, 0.1) is 6.04 Å². The first-order chi connectivity index (χ1) is 19.5. The van der Waals surface area contributed by atoms with E-state index in [-0.39, 0.29) is 30.1 Å². The second kappa shape index (κ2) is 15.3. The Morgan fingerprint density at radius 2 is 1.59 bits per heavy atom. The molecule has 0 radical (unpaired) electrons. The number of phenols is 1.